The third kappa shape index (κ3) is 4.31. The molecule has 3 rings (SSSR count). The van der Waals surface area contributed by atoms with Gasteiger partial charge in [0.15, 0.2) is 0 Å². The molecule has 1 unspecified atom stereocenters. The lowest BCUT2D eigenvalue weighted by Crippen LogP contribution is -2.39. The Morgan fingerprint density at radius 1 is 1.39 bits per heavy atom. The Bertz CT molecular complexity index is 642. The number of aromatic nitrogens is 1. The normalized spacial score (nSPS) is 14.9. The zero-order chi connectivity index (χ0) is 15.5. The zero-order valence-electron chi connectivity index (χ0n) is 13.1. The smallest absolute Gasteiger partial charge is 0.273 e. The topological polar surface area (TPSA) is 59.2 Å². The maximum Gasteiger partial charge on any atom is 0.273 e. The van der Waals surface area contributed by atoms with Gasteiger partial charge in [-0.3, -0.25) is 4.79 Å². The van der Waals surface area contributed by atoms with Crippen LogP contribution >= 0.6 is 23.7 Å². The van der Waals surface area contributed by atoms with E-state index in [1.165, 1.54) is 24.2 Å². The highest BCUT2D eigenvalue weighted by molar-refractivity contribution is 7.09. The molecule has 0 bridgehead atoms. The Hall–Kier alpha value is -1.43. The number of nitrogens with two attached hydrogens (primary N) is 1. The summed E-state index contributed by atoms with van der Waals surface area (Å²) < 4.78 is 0. The van der Waals surface area contributed by atoms with Crippen molar-refractivity contribution in [2.75, 3.05) is 0 Å². The van der Waals surface area contributed by atoms with Gasteiger partial charge in [0.25, 0.3) is 5.91 Å². The fraction of sp³-hybridized carbons (Fsp3) is 0.412. The van der Waals surface area contributed by atoms with Gasteiger partial charge < -0.3 is 10.6 Å². The van der Waals surface area contributed by atoms with Gasteiger partial charge in [-0.05, 0) is 31.2 Å². The number of hydrogen-bond acceptors (Lipinski definition) is 4. The van der Waals surface area contributed by atoms with Crippen molar-refractivity contribution < 1.29 is 4.79 Å². The molecule has 23 heavy (non-hydrogen) atoms. The molecule has 1 aromatic heterocycles. The minimum Gasteiger partial charge on any atom is -0.330 e. The van der Waals surface area contributed by atoms with E-state index in [0.29, 0.717) is 24.7 Å². The van der Waals surface area contributed by atoms with Crippen LogP contribution in [0.3, 0.4) is 0 Å². The van der Waals surface area contributed by atoms with E-state index in [2.05, 4.69) is 24.0 Å². The van der Waals surface area contributed by atoms with Crippen molar-refractivity contribution in [1.82, 2.24) is 9.88 Å². The van der Waals surface area contributed by atoms with Gasteiger partial charge in [0.05, 0.1) is 0 Å². The number of nitrogens with zero attached hydrogens (tertiary/aromatic N) is 2. The maximum atomic E-state index is 12.9. The highest BCUT2D eigenvalue weighted by Crippen LogP contribution is 2.36. The minimum atomic E-state index is 0. The van der Waals surface area contributed by atoms with Crippen molar-refractivity contribution in [3.05, 3.63) is 52.0 Å². The van der Waals surface area contributed by atoms with E-state index in [1.54, 1.807) is 0 Å². The Morgan fingerprint density at radius 3 is 2.65 bits per heavy atom. The number of rotatable bonds is 6. The molecule has 0 radical (unpaired) electrons. The molecule has 6 heteroatoms. The molecule has 1 heterocycles. The third-order valence-corrected chi connectivity index (χ3v) is 5.07. The Labute approximate surface area is 147 Å². The summed E-state index contributed by atoms with van der Waals surface area (Å²) in [5.74, 6) is 0.638. The van der Waals surface area contributed by atoms with Crippen LogP contribution < -0.4 is 5.73 Å². The zero-order valence-corrected chi connectivity index (χ0v) is 14.8. The standard InChI is InChI=1S/C17H21N3OS.ClH/c1-12(14-7-8-14)20(10-13-5-3-2-4-6-13)17(21)15-11-22-16(9-18)19-15;/h2-6,11-12,14H,7-10,18H2,1H3;1H. The number of amides is 1. The van der Waals surface area contributed by atoms with Gasteiger partial charge in [0.2, 0.25) is 0 Å². The summed E-state index contributed by atoms with van der Waals surface area (Å²) in [6, 6.07) is 10.4. The van der Waals surface area contributed by atoms with Crippen molar-refractivity contribution in [2.24, 2.45) is 11.7 Å². The number of benzene rings is 1. The first-order chi connectivity index (χ1) is 10.7. The molecule has 1 atom stereocenters. The summed E-state index contributed by atoms with van der Waals surface area (Å²) in [5, 5.41) is 2.63. The predicted octanol–water partition coefficient (Wildman–Crippen LogP) is 3.46. The fourth-order valence-electron chi connectivity index (χ4n) is 2.66. The van der Waals surface area contributed by atoms with Crippen LogP contribution in [0.2, 0.25) is 0 Å². The number of thiazole rings is 1. The van der Waals surface area contributed by atoms with E-state index in [-0.39, 0.29) is 24.4 Å². The molecule has 0 spiro atoms. The van der Waals surface area contributed by atoms with E-state index < -0.39 is 0 Å². The molecule has 124 valence electrons. The molecule has 2 N–H and O–H groups in total. The summed E-state index contributed by atoms with van der Waals surface area (Å²) in [7, 11) is 0. The lowest BCUT2D eigenvalue weighted by molar-refractivity contribution is 0.0649. The van der Waals surface area contributed by atoms with Crippen molar-refractivity contribution in [1.29, 1.82) is 0 Å². The van der Waals surface area contributed by atoms with Crippen LogP contribution in [0.4, 0.5) is 0 Å². The molecule has 1 amide bonds. The van der Waals surface area contributed by atoms with E-state index in [0.717, 1.165) is 10.6 Å². The average molecular weight is 352 g/mol. The van der Waals surface area contributed by atoms with Crippen LogP contribution in [-0.4, -0.2) is 21.8 Å². The van der Waals surface area contributed by atoms with Gasteiger partial charge in [-0.2, -0.15) is 0 Å². The van der Waals surface area contributed by atoms with Crippen molar-refractivity contribution >= 4 is 29.7 Å². The highest BCUT2D eigenvalue weighted by Gasteiger charge is 2.35. The van der Waals surface area contributed by atoms with Gasteiger partial charge in [0.1, 0.15) is 10.7 Å². The maximum absolute atomic E-state index is 12.9. The van der Waals surface area contributed by atoms with Gasteiger partial charge in [-0.15, -0.1) is 23.7 Å². The van der Waals surface area contributed by atoms with Gasteiger partial charge >= 0.3 is 0 Å². The second-order valence-electron chi connectivity index (χ2n) is 5.83. The molecule has 2 aromatic rings. The first-order valence-electron chi connectivity index (χ1n) is 7.68. The van der Waals surface area contributed by atoms with Crippen LogP contribution in [0, 0.1) is 5.92 Å². The molecule has 1 fully saturated rings. The summed E-state index contributed by atoms with van der Waals surface area (Å²) in [6.07, 6.45) is 2.43. The van der Waals surface area contributed by atoms with E-state index in [4.69, 9.17) is 5.73 Å². The van der Waals surface area contributed by atoms with Crippen LogP contribution in [-0.2, 0) is 13.1 Å². The van der Waals surface area contributed by atoms with Gasteiger partial charge in [-0.1, -0.05) is 30.3 Å². The Balaban J connectivity index is 0.00000192. The molecule has 1 aromatic carbocycles. The summed E-state index contributed by atoms with van der Waals surface area (Å²) in [5.41, 5.74) is 7.28. The molecular formula is C17H22ClN3OS. The van der Waals surface area contributed by atoms with Gasteiger partial charge in [0, 0.05) is 24.5 Å². The Kier molecular flexibility index (Phi) is 6.16. The van der Waals surface area contributed by atoms with Crippen molar-refractivity contribution in [2.45, 2.75) is 38.9 Å². The predicted molar refractivity (Wildman–Crippen MR) is 95.8 cm³/mol. The Morgan fingerprint density at radius 2 is 2.09 bits per heavy atom. The number of hydrogen-bond donors (Lipinski definition) is 1. The monoisotopic (exact) mass is 351 g/mol. The van der Waals surface area contributed by atoms with Crippen molar-refractivity contribution in [3.63, 3.8) is 0 Å². The fourth-order valence-corrected chi connectivity index (χ4v) is 3.31. The largest absolute Gasteiger partial charge is 0.330 e. The van der Waals surface area contributed by atoms with E-state index in [9.17, 15) is 4.79 Å². The van der Waals surface area contributed by atoms with E-state index >= 15 is 0 Å². The molecule has 1 saturated carbocycles. The molecular weight excluding hydrogens is 330 g/mol. The van der Waals surface area contributed by atoms with Crippen LogP contribution in [0.15, 0.2) is 35.7 Å². The average Bonchev–Trinajstić information content (AvgIpc) is 3.29. The number of halogens is 1. The SMILES string of the molecule is CC(C1CC1)N(Cc1ccccc1)C(=O)c1csc(CN)n1.Cl. The molecule has 4 nitrogen and oxygen atoms in total. The third-order valence-electron chi connectivity index (χ3n) is 4.20. The van der Waals surface area contributed by atoms with Crippen LogP contribution in [0.25, 0.3) is 0 Å². The first kappa shape index (κ1) is 17.9. The first-order valence-corrected chi connectivity index (χ1v) is 8.56. The van der Waals surface area contributed by atoms with Crippen molar-refractivity contribution in [3.8, 4) is 0 Å². The van der Waals surface area contributed by atoms with E-state index in [1.807, 2.05) is 28.5 Å². The van der Waals surface area contributed by atoms with Crippen LogP contribution in [0.5, 0.6) is 0 Å². The molecule has 0 saturated heterocycles. The number of carbonyl (C=O) groups is 1. The lowest BCUT2D eigenvalue weighted by atomic mass is 10.1. The quantitative estimate of drug-likeness (QED) is 0.866. The molecule has 0 aliphatic heterocycles. The second-order valence-corrected chi connectivity index (χ2v) is 6.77. The summed E-state index contributed by atoms with van der Waals surface area (Å²) in [4.78, 5) is 19.2. The minimum absolute atomic E-state index is 0. The molecule has 1 aliphatic carbocycles. The second kappa shape index (κ2) is 7.90. The lowest BCUT2D eigenvalue weighted by Gasteiger charge is -2.29. The highest BCUT2D eigenvalue weighted by atomic mass is 35.5. The van der Waals surface area contributed by atoms with Gasteiger partial charge in [-0.25, -0.2) is 4.98 Å². The summed E-state index contributed by atoms with van der Waals surface area (Å²) >= 11 is 1.45. The molecule has 1 aliphatic rings. The number of carbonyl (C=O) groups excluding carboxylic acids is 1. The summed E-state index contributed by atoms with van der Waals surface area (Å²) in [6.45, 7) is 3.16. The van der Waals surface area contributed by atoms with Crippen LogP contribution in [0.1, 0.15) is 40.8 Å².